The molecule has 2 N–H and O–H groups in total. The highest BCUT2D eigenvalue weighted by molar-refractivity contribution is 5.92. The van der Waals surface area contributed by atoms with Crippen LogP contribution in [-0.4, -0.2) is 43.2 Å². The fraction of sp³-hybridized carbons (Fsp3) is 0.190. The maximum absolute atomic E-state index is 12.3. The van der Waals surface area contributed by atoms with Crippen molar-refractivity contribution in [2.24, 2.45) is 0 Å². The molecule has 0 spiro atoms. The Morgan fingerprint density at radius 1 is 0.966 bits per heavy atom. The molecule has 8 nitrogen and oxygen atoms in total. The molecule has 0 saturated heterocycles. The predicted octanol–water partition coefficient (Wildman–Crippen LogP) is 3.05. The van der Waals surface area contributed by atoms with Crippen LogP contribution in [0.15, 0.2) is 60.8 Å². The van der Waals surface area contributed by atoms with E-state index in [-0.39, 0.29) is 11.6 Å². The molecule has 0 aliphatic heterocycles. The molecule has 1 aromatic heterocycles. The Hall–Kier alpha value is -3.81. The summed E-state index contributed by atoms with van der Waals surface area (Å²) in [6.07, 6.45) is 1.53. The van der Waals surface area contributed by atoms with Crippen molar-refractivity contribution in [1.29, 1.82) is 0 Å². The van der Waals surface area contributed by atoms with Gasteiger partial charge in [-0.25, -0.2) is 9.97 Å². The molecule has 150 valence electrons. The van der Waals surface area contributed by atoms with Gasteiger partial charge < -0.3 is 24.8 Å². The van der Waals surface area contributed by atoms with Crippen LogP contribution >= 0.6 is 0 Å². The molecule has 0 aliphatic carbocycles. The van der Waals surface area contributed by atoms with Crippen molar-refractivity contribution in [2.45, 2.75) is 0 Å². The van der Waals surface area contributed by atoms with E-state index in [0.29, 0.717) is 30.6 Å². The Bertz CT molecular complexity index is 947. The first kappa shape index (κ1) is 19.9. The second-order valence-corrected chi connectivity index (χ2v) is 5.90. The SMILES string of the molecule is COc1ccc(OCCNC(=O)c2ccnc(Nc3cccc(OC)c3)n2)cc1. The van der Waals surface area contributed by atoms with E-state index in [4.69, 9.17) is 14.2 Å². The molecule has 0 unspecified atom stereocenters. The van der Waals surface area contributed by atoms with E-state index in [1.807, 2.05) is 48.5 Å². The number of hydrogen-bond acceptors (Lipinski definition) is 7. The summed E-state index contributed by atoms with van der Waals surface area (Å²) in [5.74, 6) is 2.18. The van der Waals surface area contributed by atoms with Crippen LogP contribution in [-0.2, 0) is 0 Å². The normalized spacial score (nSPS) is 10.1. The highest BCUT2D eigenvalue weighted by Gasteiger charge is 2.09. The van der Waals surface area contributed by atoms with Crippen LogP contribution in [0.1, 0.15) is 10.5 Å². The van der Waals surface area contributed by atoms with Crippen LogP contribution in [0.4, 0.5) is 11.6 Å². The molecule has 0 bridgehead atoms. The zero-order chi connectivity index (χ0) is 20.5. The van der Waals surface area contributed by atoms with Gasteiger partial charge in [0.2, 0.25) is 5.95 Å². The zero-order valence-corrected chi connectivity index (χ0v) is 16.2. The molecule has 1 amide bonds. The Morgan fingerprint density at radius 2 is 1.72 bits per heavy atom. The van der Waals surface area contributed by atoms with Crippen molar-refractivity contribution in [3.05, 3.63) is 66.5 Å². The third kappa shape index (κ3) is 5.83. The quantitative estimate of drug-likeness (QED) is 0.539. The first-order valence-corrected chi connectivity index (χ1v) is 8.97. The zero-order valence-electron chi connectivity index (χ0n) is 16.2. The number of aromatic nitrogens is 2. The monoisotopic (exact) mass is 394 g/mol. The van der Waals surface area contributed by atoms with Gasteiger partial charge in [-0.1, -0.05) is 6.07 Å². The van der Waals surface area contributed by atoms with Crippen molar-refractivity contribution in [3.8, 4) is 17.2 Å². The van der Waals surface area contributed by atoms with E-state index in [9.17, 15) is 4.79 Å². The summed E-state index contributed by atoms with van der Waals surface area (Å²) < 4.78 is 15.9. The van der Waals surface area contributed by atoms with Crippen molar-refractivity contribution in [1.82, 2.24) is 15.3 Å². The van der Waals surface area contributed by atoms with Crippen molar-refractivity contribution >= 4 is 17.5 Å². The van der Waals surface area contributed by atoms with Gasteiger partial charge in [-0.2, -0.15) is 0 Å². The number of nitrogens with zero attached hydrogens (tertiary/aromatic N) is 2. The average Bonchev–Trinajstić information content (AvgIpc) is 2.77. The highest BCUT2D eigenvalue weighted by atomic mass is 16.5. The maximum Gasteiger partial charge on any atom is 0.270 e. The second kappa shape index (κ2) is 9.93. The van der Waals surface area contributed by atoms with Gasteiger partial charge >= 0.3 is 0 Å². The third-order valence-corrected chi connectivity index (χ3v) is 3.93. The van der Waals surface area contributed by atoms with E-state index in [2.05, 4.69) is 20.6 Å². The van der Waals surface area contributed by atoms with Crippen LogP contribution in [0.25, 0.3) is 0 Å². The van der Waals surface area contributed by atoms with Gasteiger partial charge in [0, 0.05) is 18.0 Å². The summed E-state index contributed by atoms with van der Waals surface area (Å²) in [6.45, 7) is 0.672. The number of amides is 1. The van der Waals surface area contributed by atoms with Crippen LogP contribution in [0.5, 0.6) is 17.2 Å². The van der Waals surface area contributed by atoms with E-state index in [1.54, 1.807) is 20.3 Å². The topological polar surface area (TPSA) is 94.6 Å². The van der Waals surface area contributed by atoms with E-state index < -0.39 is 0 Å². The van der Waals surface area contributed by atoms with Crippen molar-refractivity contribution in [2.75, 3.05) is 32.7 Å². The third-order valence-electron chi connectivity index (χ3n) is 3.93. The van der Waals surface area contributed by atoms with E-state index >= 15 is 0 Å². The van der Waals surface area contributed by atoms with Gasteiger partial charge in [0.25, 0.3) is 5.91 Å². The van der Waals surface area contributed by atoms with E-state index in [0.717, 1.165) is 11.4 Å². The lowest BCUT2D eigenvalue weighted by Crippen LogP contribution is -2.29. The molecular weight excluding hydrogens is 372 g/mol. The number of carbonyl (C=O) groups is 1. The van der Waals surface area contributed by atoms with E-state index in [1.165, 1.54) is 6.20 Å². The summed E-state index contributed by atoms with van der Waals surface area (Å²) in [5.41, 5.74) is 1.02. The minimum atomic E-state index is -0.306. The number of carbonyl (C=O) groups excluding carboxylic acids is 1. The van der Waals surface area contributed by atoms with Crippen molar-refractivity contribution < 1.29 is 19.0 Å². The molecule has 0 atom stereocenters. The number of nitrogens with one attached hydrogen (secondary N) is 2. The largest absolute Gasteiger partial charge is 0.497 e. The summed E-state index contributed by atoms with van der Waals surface area (Å²) in [7, 11) is 3.20. The predicted molar refractivity (Wildman–Crippen MR) is 109 cm³/mol. The standard InChI is InChI=1S/C21H22N4O4/c1-27-16-6-8-17(9-7-16)29-13-12-22-20(26)19-10-11-23-21(25-19)24-15-4-3-5-18(14-15)28-2/h3-11,14H,12-13H2,1-2H3,(H,22,26)(H,23,24,25). The Balaban J connectivity index is 1.50. The molecule has 0 fully saturated rings. The minimum Gasteiger partial charge on any atom is -0.497 e. The van der Waals surface area contributed by atoms with Crippen LogP contribution in [0.2, 0.25) is 0 Å². The van der Waals surface area contributed by atoms with Crippen LogP contribution in [0.3, 0.4) is 0 Å². The maximum atomic E-state index is 12.3. The molecule has 3 aromatic rings. The summed E-state index contributed by atoms with van der Waals surface area (Å²) in [4.78, 5) is 20.7. The summed E-state index contributed by atoms with van der Waals surface area (Å²) in [5, 5.41) is 5.83. The van der Waals surface area contributed by atoms with Crippen LogP contribution in [0, 0.1) is 0 Å². The molecule has 0 radical (unpaired) electrons. The Morgan fingerprint density at radius 3 is 2.48 bits per heavy atom. The van der Waals surface area contributed by atoms with Gasteiger partial charge in [-0.15, -0.1) is 0 Å². The fourth-order valence-electron chi connectivity index (χ4n) is 2.47. The Labute approximate surface area is 168 Å². The van der Waals surface area contributed by atoms with Gasteiger partial charge in [0.15, 0.2) is 0 Å². The van der Waals surface area contributed by atoms with Crippen LogP contribution < -0.4 is 24.8 Å². The lowest BCUT2D eigenvalue weighted by atomic mass is 10.3. The lowest BCUT2D eigenvalue weighted by Gasteiger charge is -2.09. The molecular formula is C21H22N4O4. The molecule has 8 heteroatoms. The second-order valence-electron chi connectivity index (χ2n) is 5.90. The number of rotatable bonds is 9. The fourth-order valence-corrected chi connectivity index (χ4v) is 2.47. The lowest BCUT2D eigenvalue weighted by molar-refractivity contribution is 0.0942. The number of benzene rings is 2. The average molecular weight is 394 g/mol. The van der Waals surface area contributed by atoms with Crippen molar-refractivity contribution in [3.63, 3.8) is 0 Å². The highest BCUT2D eigenvalue weighted by Crippen LogP contribution is 2.19. The first-order valence-electron chi connectivity index (χ1n) is 8.97. The first-order chi connectivity index (χ1) is 14.2. The molecule has 2 aromatic carbocycles. The molecule has 3 rings (SSSR count). The smallest absolute Gasteiger partial charge is 0.270 e. The molecule has 0 aliphatic rings. The van der Waals surface area contributed by atoms with Gasteiger partial charge in [0.1, 0.15) is 29.5 Å². The number of anilines is 2. The van der Waals surface area contributed by atoms with Gasteiger partial charge in [-0.3, -0.25) is 4.79 Å². The van der Waals surface area contributed by atoms with Gasteiger partial charge in [0.05, 0.1) is 20.8 Å². The molecule has 29 heavy (non-hydrogen) atoms. The number of hydrogen-bond donors (Lipinski definition) is 2. The Kier molecular flexibility index (Phi) is 6.83. The van der Waals surface area contributed by atoms with Gasteiger partial charge in [-0.05, 0) is 42.5 Å². The molecule has 1 heterocycles. The summed E-state index contributed by atoms with van der Waals surface area (Å²) >= 11 is 0. The molecule has 0 saturated carbocycles. The minimum absolute atomic E-state index is 0.259. The number of ether oxygens (including phenoxy) is 3. The number of methoxy groups -OCH3 is 2. The summed E-state index contributed by atoms with van der Waals surface area (Å²) in [6, 6.07) is 16.1.